The molecule has 4 heteroatoms. The highest BCUT2D eigenvalue weighted by atomic mass is 32.2. The molecule has 1 unspecified atom stereocenters. The Hall–Kier alpha value is -1.00. The Morgan fingerprint density at radius 1 is 1.56 bits per heavy atom. The largest absolute Gasteiger partial charge is 0.326 e. The quantitative estimate of drug-likeness (QED) is 0.863. The molecule has 0 amide bonds. The van der Waals surface area contributed by atoms with Gasteiger partial charge in [-0.1, -0.05) is 0 Å². The molecule has 0 spiro atoms. The molecule has 2 aromatic rings. The molecule has 0 saturated carbocycles. The van der Waals surface area contributed by atoms with Crippen LogP contribution >= 0.6 is 11.8 Å². The second-order valence-corrected chi connectivity index (χ2v) is 5.36. The van der Waals surface area contributed by atoms with Crippen LogP contribution in [0, 0.1) is 0 Å². The smallest absolute Gasteiger partial charge is 0.117 e. The third kappa shape index (κ3) is 1.62. The van der Waals surface area contributed by atoms with Gasteiger partial charge in [0.2, 0.25) is 0 Å². The van der Waals surface area contributed by atoms with Crippen molar-refractivity contribution in [1.29, 1.82) is 0 Å². The van der Waals surface area contributed by atoms with Crippen molar-refractivity contribution >= 4 is 17.3 Å². The average Bonchev–Trinajstić information content (AvgIpc) is 2.96. The number of aromatic nitrogens is 2. The molecule has 3 rings (SSSR count). The van der Waals surface area contributed by atoms with E-state index in [9.17, 15) is 0 Å². The fourth-order valence-electron chi connectivity index (χ4n) is 2.23. The van der Waals surface area contributed by atoms with Crippen LogP contribution in [0.25, 0.3) is 5.52 Å². The maximum absolute atomic E-state index is 5.64. The summed E-state index contributed by atoms with van der Waals surface area (Å²) in [4.78, 5) is 4.56. The topological polar surface area (TPSA) is 43.3 Å². The highest BCUT2D eigenvalue weighted by Gasteiger charge is 2.21. The molecular weight excluding hydrogens is 218 g/mol. The molecule has 16 heavy (non-hydrogen) atoms. The predicted octanol–water partition coefficient (Wildman–Crippen LogP) is 2.01. The lowest BCUT2D eigenvalue weighted by Crippen LogP contribution is -2.03. The van der Waals surface area contributed by atoms with Crippen molar-refractivity contribution < 1.29 is 0 Å². The van der Waals surface area contributed by atoms with Crippen molar-refractivity contribution in [3.05, 3.63) is 35.9 Å². The van der Waals surface area contributed by atoms with Crippen LogP contribution in [0.2, 0.25) is 0 Å². The second kappa shape index (κ2) is 4.11. The van der Waals surface area contributed by atoms with Gasteiger partial charge in [-0.3, -0.25) is 0 Å². The molecular formula is C12H15N3S. The number of fused-ring (bicyclic) bond motifs is 1. The van der Waals surface area contributed by atoms with Gasteiger partial charge in [-0.2, -0.15) is 11.8 Å². The lowest BCUT2D eigenvalue weighted by Gasteiger charge is -2.07. The number of nitrogens with zero attached hydrogens (tertiary/aromatic N) is 2. The van der Waals surface area contributed by atoms with Crippen molar-refractivity contribution in [3.8, 4) is 0 Å². The fourth-order valence-corrected chi connectivity index (χ4v) is 3.45. The standard InChI is InChI=1S/C12H15N3S/c13-6-9-1-3-15-11(5-9)7-14-12(15)10-2-4-16-8-10/h1,3,5,7,10H,2,4,6,8,13H2. The number of nitrogens with two attached hydrogens (primary N) is 1. The molecule has 1 saturated heterocycles. The number of hydrogen-bond acceptors (Lipinski definition) is 3. The Kier molecular flexibility index (Phi) is 2.61. The third-order valence-corrected chi connectivity index (χ3v) is 4.32. The molecule has 2 aromatic heterocycles. The summed E-state index contributed by atoms with van der Waals surface area (Å²) in [6.07, 6.45) is 5.31. The molecule has 0 radical (unpaired) electrons. The minimum Gasteiger partial charge on any atom is -0.326 e. The van der Waals surface area contributed by atoms with Crippen molar-refractivity contribution in [2.75, 3.05) is 11.5 Å². The number of rotatable bonds is 2. The molecule has 0 aromatic carbocycles. The van der Waals surface area contributed by atoms with Crippen LogP contribution in [0.1, 0.15) is 23.7 Å². The van der Waals surface area contributed by atoms with Crippen LogP contribution in [0.5, 0.6) is 0 Å². The number of imidazole rings is 1. The summed E-state index contributed by atoms with van der Waals surface area (Å²) in [5, 5.41) is 0. The van der Waals surface area contributed by atoms with Crippen molar-refractivity contribution in [2.24, 2.45) is 5.73 Å². The monoisotopic (exact) mass is 233 g/mol. The summed E-state index contributed by atoms with van der Waals surface area (Å²) in [5.74, 6) is 4.30. The minimum atomic E-state index is 0.594. The zero-order valence-corrected chi connectivity index (χ0v) is 9.91. The van der Waals surface area contributed by atoms with Crippen LogP contribution in [0.3, 0.4) is 0 Å². The Labute approximate surface area is 99.1 Å². The van der Waals surface area contributed by atoms with E-state index >= 15 is 0 Å². The van der Waals surface area contributed by atoms with E-state index in [1.807, 2.05) is 18.0 Å². The maximum Gasteiger partial charge on any atom is 0.117 e. The summed E-state index contributed by atoms with van der Waals surface area (Å²) in [6.45, 7) is 0.594. The van der Waals surface area contributed by atoms with Gasteiger partial charge in [0, 0.05) is 24.4 Å². The molecule has 2 N–H and O–H groups in total. The van der Waals surface area contributed by atoms with Crippen LogP contribution in [-0.2, 0) is 6.54 Å². The van der Waals surface area contributed by atoms with Crippen molar-refractivity contribution in [1.82, 2.24) is 9.38 Å². The van der Waals surface area contributed by atoms with Gasteiger partial charge in [-0.25, -0.2) is 4.98 Å². The summed E-state index contributed by atoms with van der Waals surface area (Å²) in [6, 6.07) is 4.21. The third-order valence-electron chi connectivity index (χ3n) is 3.16. The van der Waals surface area contributed by atoms with Gasteiger partial charge in [-0.15, -0.1) is 0 Å². The molecule has 1 fully saturated rings. The van der Waals surface area contributed by atoms with E-state index in [2.05, 4.69) is 27.7 Å². The van der Waals surface area contributed by atoms with Crippen LogP contribution < -0.4 is 5.73 Å². The second-order valence-electron chi connectivity index (χ2n) is 4.21. The van der Waals surface area contributed by atoms with Crippen LogP contribution in [-0.4, -0.2) is 20.9 Å². The van der Waals surface area contributed by atoms with E-state index in [4.69, 9.17) is 5.73 Å². The van der Waals surface area contributed by atoms with E-state index in [0.717, 1.165) is 5.52 Å². The minimum absolute atomic E-state index is 0.594. The molecule has 0 bridgehead atoms. The maximum atomic E-state index is 5.64. The Morgan fingerprint density at radius 3 is 3.25 bits per heavy atom. The lowest BCUT2D eigenvalue weighted by atomic mass is 10.1. The number of pyridine rings is 1. The van der Waals surface area contributed by atoms with Crippen molar-refractivity contribution in [2.45, 2.75) is 18.9 Å². The highest BCUT2D eigenvalue weighted by Crippen LogP contribution is 2.31. The van der Waals surface area contributed by atoms with Gasteiger partial charge in [-0.05, 0) is 29.9 Å². The first-order valence-electron chi connectivity index (χ1n) is 5.62. The Morgan fingerprint density at radius 2 is 2.50 bits per heavy atom. The predicted molar refractivity (Wildman–Crippen MR) is 67.8 cm³/mol. The van der Waals surface area contributed by atoms with Gasteiger partial charge >= 0.3 is 0 Å². The first-order chi connectivity index (χ1) is 7.88. The van der Waals surface area contributed by atoms with Gasteiger partial charge in [0.15, 0.2) is 0 Å². The molecule has 3 heterocycles. The summed E-state index contributed by atoms with van der Waals surface area (Å²) < 4.78 is 2.20. The van der Waals surface area contributed by atoms with E-state index in [1.54, 1.807) is 0 Å². The molecule has 1 aliphatic heterocycles. The van der Waals surface area contributed by atoms with Crippen LogP contribution in [0.15, 0.2) is 24.5 Å². The summed E-state index contributed by atoms with van der Waals surface area (Å²) in [5.41, 5.74) is 7.97. The number of thioether (sulfide) groups is 1. The van der Waals surface area contributed by atoms with E-state index in [-0.39, 0.29) is 0 Å². The molecule has 3 nitrogen and oxygen atoms in total. The summed E-state index contributed by atoms with van der Waals surface area (Å²) in [7, 11) is 0. The lowest BCUT2D eigenvalue weighted by molar-refractivity contribution is 0.713. The van der Waals surface area contributed by atoms with Gasteiger partial charge in [0.1, 0.15) is 5.82 Å². The van der Waals surface area contributed by atoms with E-state index in [1.165, 1.54) is 29.3 Å². The fraction of sp³-hybridized carbons (Fsp3) is 0.417. The van der Waals surface area contributed by atoms with Gasteiger partial charge in [0.05, 0.1) is 11.7 Å². The van der Waals surface area contributed by atoms with Crippen molar-refractivity contribution in [3.63, 3.8) is 0 Å². The Balaban J connectivity index is 2.06. The summed E-state index contributed by atoms with van der Waals surface area (Å²) >= 11 is 2.02. The average molecular weight is 233 g/mol. The highest BCUT2D eigenvalue weighted by molar-refractivity contribution is 7.99. The first kappa shape index (κ1) is 10.2. The molecule has 1 aliphatic rings. The van der Waals surface area contributed by atoms with E-state index < -0.39 is 0 Å². The zero-order chi connectivity index (χ0) is 11.0. The Bertz CT molecular complexity index is 500. The number of hydrogen-bond donors (Lipinski definition) is 1. The van der Waals surface area contributed by atoms with E-state index in [0.29, 0.717) is 12.5 Å². The van der Waals surface area contributed by atoms with Gasteiger partial charge < -0.3 is 10.1 Å². The molecule has 1 atom stereocenters. The van der Waals surface area contributed by atoms with Gasteiger partial charge in [0.25, 0.3) is 0 Å². The SMILES string of the molecule is NCc1ccn2c(C3CCSC3)ncc2c1. The molecule has 0 aliphatic carbocycles. The normalized spacial score (nSPS) is 20.7. The van der Waals surface area contributed by atoms with Crippen LogP contribution in [0.4, 0.5) is 0 Å². The first-order valence-corrected chi connectivity index (χ1v) is 6.77. The zero-order valence-electron chi connectivity index (χ0n) is 9.10. The molecule has 84 valence electrons.